The van der Waals surface area contributed by atoms with Gasteiger partial charge in [0.15, 0.2) is 0 Å². The van der Waals surface area contributed by atoms with Crippen LogP contribution < -0.4 is 14.8 Å². The van der Waals surface area contributed by atoms with Crippen LogP contribution in [0.2, 0.25) is 0 Å². The summed E-state index contributed by atoms with van der Waals surface area (Å²) in [6.45, 7) is -1.87. The number of alkyl halides is 2. The van der Waals surface area contributed by atoms with E-state index in [0.29, 0.717) is 18.0 Å². The quantitative estimate of drug-likeness (QED) is 0.853. The van der Waals surface area contributed by atoms with Crippen LogP contribution in [-0.2, 0) is 13.1 Å². The predicted octanol–water partition coefficient (Wildman–Crippen LogP) is 2.59. The minimum atomic E-state index is -2.58. The molecule has 1 aromatic carbocycles. The normalized spacial score (nSPS) is 10.9. The summed E-state index contributed by atoms with van der Waals surface area (Å²) in [6.07, 6.45) is 2.62. The molecule has 0 amide bonds. The van der Waals surface area contributed by atoms with E-state index in [0.717, 1.165) is 10.1 Å². The maximum absolute atomic E-state index is 12.7. The zero-order chi connectivity index (χ0) is 15.2. The third kappa shape index (κ3) is 3.69. The topological polar surface area (TPSA) is 48.3 Å². The van der Waals surface area contributed by atoms with Gasteiger partial charge in [-0.15, -0.1) is 0 Å². The van der Waals surface area contributed by atoms with Crippen molar-refractivity contribution in [3.63, 3.8) is 0 Å². The number of hydrogen-bond donors (Lipinski definition) is 1. The highest BCUT2D eigenvalue weighted by Crippen LogP contribution is 2.24. The zero-order valence-corrected chi connectivity index (χ0v) is 11.8. The fourth-order valence-electron chi connectivity index (χ4n) is 1.97. The van der Waals surface area contributed by atoms with Crippen molar-refractivity contribution in [2.45, 2.75) is 19.6 Å². The fraction of sp³-hybridized carbons (Fsp3) is 0.357. The molecule has 0 fully saturated rings. The summed E-state index contributed by atoms with van der Waals surface area (Å²) in [5.41, 5.74) is 0.911. The summed E-state index contributed by atoms with van der Waals surface area (Å²) in [5.74, 6) is 1.67. The van der Waals surface area contributed by atoms with Gasteiger partial charge in [0, 0.05) is 30.6 Å². The molecular formula is C14H17F2N3O2. The molecule has 7 heteroatoms. The van der Waals surface area contributed by atoms with Crippen molar-refractivity contribution in [1.82, 2.24) is 14.9 Å². The second-order valence-corrected chi connectivity index (χ2v) is 4.31. The Hall–Kier alpha value is -2.15. The minimum absolute atomic E-state index is 0.243. The van der Waals surface area contributed by atoms with Crippen molar-refractivity contribution in [2.75, 3.05) is 14.2 Å². The van der Waals surface area contributed by atoms with Crippen molar-refractivity contribution < 1.29 is 18.3 Å². The van der Waals surface area contributed by atoms with Crippen molar-refractivity contribution in [2.24, 2.45) is 0 Å². The summed E-state index contributed by atoms with van der Waals surface area (Å²) in [7, 11) is 3.15. The smallest absolute Gasteiger partial charge is 0.319 e. The second kappa shape index (κ2) is 7.03. The number of aromatic nitrogens is 2. The molecule has 0 unspecified atom stereocenters. The number of ether oxygens (including phenoxy) is 2. The highest BCUT2D eigenvalue weighted by atomic mass is 19.3. The Morgan fingerprint density at radius 1 is 1.24 bits per heavy atom. The number of imidazole rings is 1. The Kier molecular flexibility index (Phi) is 5.10. The number of rotatable bonds is 7. The first-order valence-electron chi connectivity index (χ1n) is 6.37. The number of methoxy groups -OCH3 is 2. The molecule has 0 bridgehead atoms. The largest absolute Gasteiger partial charge is 0.497 e. The van der Waals surface area contributed by atoms with E-state index in [4.69, 9.17) is 9.47 Å². The molecule has 2 aromatic rings. The molecule has 1 heterocycles. The first-order valence-corrected chi connectivity index (χ1v) is 6.37. The van der Waals surface area contributed by atoms with E-state index in [-0.39, 0.29) is 12.4 Å². The Bertz CT molecular complexity index is 587. The molecular weight excluding hydrogens is 280 g/mol. The van der Waals surface area contributed by atoms with Crippen LogP contribution in [0.3, 0.4) is 0 Å². The van der Waals surface area contributed by atoms with Gasteiger partial charge < -0.3 is 14.8 Å². The summed E-state index contributed by atoms with van der Waals surface area (Å²) in [4.78, 5) is 3.91. The Morgan fingerprint density at radius 3 is 2.71 bits per heavy atom. The molecule has 0 saturated heterocycles. The van der Waals surface area contributed by atoms with Gasteiger partial charge in [0.2, 0.25) is 0 Å². The minimum Gasteiger partial charge on any atom is -0.497 e. The molecule has 5 nitrogen and oxygen atoms in total. The van der Waals surface area contributed by atoms with Gasteiger partial charge in [0.25, 0.3) is 0 Å². The van der Waals surface area contributed by atoms with Crippen LogP contribution in [0.25, 0.3) is 0 Å². The van der Waals surface area contributed by atoms with Crippen LogP contribution in [0.1, 0.15) is 17.9 Å². The number of hydrogen-bond acceptors (Lipinski definition) is 4. The molecule has 21 heavy (non-hydrogen) atoms. The van der Waals surface area contributed by atoms with Gasteiger partial charge in [0.05, 0.1) is 20.8 Å². The van der Waals surface area contributed by atoms with Gasteiger partial charge in [-0.25, -0.2) is 4.98 Å². The number of benzene rings is 1. The van der Waals surface area contributed by atoms with Gasteiger partial charge in [-0.1, -0.05) is 6.07 Å². The van der Waals surface area contributed by atoms with Crippen LogP contribution in [-0.4, -0.2) is 23.8 Å². The second-order valence-electron chi connectivity index (χ2n) is 4.31. The maximum atomic E-state index is 12.7. The van der Waals surface area contributed by atoms with Crippen molar-refractivity contribution in [3.05, 3.63) is 42.0 Å². The fourth-order valence-corrected chi connectivity index (χ4v) is 1.97. The molecule has 0 atom stereocenters. The molecule has 0 radical (unpaired) electrons. The number of halogens is 2. The van der Waals surface area contributed by atoms with Gasteiger partial charge >= 0.3 is 6.55 Å². The molecule has 1 N–H and O–H groups in total. The summed E-state index contributed by atoms with van der Waals surface area (Å²) in [5, 5.41) is 3.07. The van der Waals surface area contributed by atoms with E-state index in [1.165, 1.54) is 12.4 Å². The monoisotopic (exact) mass is 297 g/mol. The Balaban J connectivity index is 1.98. The first kappa shape index (κ1) is 15.2. The lowest BCUT2D eigenvalue weighted by Crippen LogP contribution is -2.17. The van der Waals surface area contributed by atoms with E-state index in [9.17, 15) is 8.78 Å². The summed E-state index contributed by atoms with van der Waals surface area (Å²) in [6, 6.07) is 5.46. The van der Waals surface area contributed by atoms with Crippen molar-refractivity contribution in [1.29, 1.82) is 0 Å². The maximum Gasteiger partial charge on any atom is 0.319 e. The number of nitrogens with one attached hydrogen (secondary N) is 1. The van der Waals surface area contributed by atoms with Crippen LogP contribution in [0.15, 0.2) is 30.6 Å². The van der Waals surface area contributed by atoms with Crippen molar-refractivity contribution in [3.8, 4) is 11.5 Å². The van der Waals surface area contributed by atoms with E-state index >= 15 is 0 Å². The SMILES string of the molecule is COc1ccc(CNCc2nccn2C(F)F)c(OC)c1. The third-order valence-corrected chi connectivity index (χ3v) is 3.05. The Morgan fingerprint density at radius 2 is 2.05 bits per heavy atom. The lowest BCUT2D eigenvalue weighted by molar-refractivity contribution is 0.0666. The van der Waals surface area contributed by atoms with Crippen LogP contribution in [0, 0.1) is 0 Å². The van der Waals surface area contributed by atoms with Crippen LogP contribution in [0.5, 0.6) is 11.5 Å². The van der Waals surface area contributed by atoms with E-state index in [2.05, 4.69) is 10.3 Å². The molecule has 0 aliphatic carbocycles. The van der Waals surface area contributed by atoms with Gasteiger partial charge in [-0.3, -0.25) is 4.57 Å². The van der Waals surface area contributed by atoms with Gasteiger partial charge in [-0.2, -0.15) is 8.78 Å². The molecule has 1 aromatic heterocycles. The van der Waals surface area contributed by atoms with Crippen LogP contribution in [0.4, 0.5) is 8.78 Å². The lowest BCUT2D eigenvalue weighted by Gasteiger charge is -2.12. The van der Waals surface area contributed by atoms with E-state index in [1.807, 2.05) is 12.1 Å². The lowest BCUT2D eigenvalue weighted by atomic mass is 10.2. The van der Waals surface area contributed by atoms with E-state index < -0.39 is 6.55 Å². The summed E-state index contributed by atoms with van der Waals surface area (Å²) >= 11 is 0. The van der Waals surface area contributed by atoms with E-state index in [1.54, 1.807) is 20.3 Å². The molecule has 0 aliphatic rings. The average Bonchev–Trinajstić information content (AvgIpc) is 2.96. The third-order valence-electron chi connectivity index (χ3n) is 3.05. The average molecular weight is 297 g/mol. The van der Waals surface area contributed by atoms with Gasteiger partial charge in [0.1, 0.15) is 17.3 Å². The van der Waals surface area contributed by atoms with Crippen molar-refractivity contribution >= 4 is 0 Å². The van der Waals surface area contributed by atoms with Crippen LogP contribution >= 0.6 is 0 Å². The molecule has 0 spiro atoms. The molecule has 2 rings (SSSR count). The Labute approximate surface area is 121 Å². The highest BCUT2D eigenvalue weighted by Gasteiger charge is 2.11. The molecule has 0 saturated carbocycles. The van der Waals surface area contributed by atoms with Gasteiger partial charge in [-0.05, 0) is 6.07 Å². The highest BCUT2D eigenvalue weighted by molar-refractivity contribution is 5.40. The predicted molar refractivity (Wildman–Crippen MR) is 73.6 cm³/mol. The standard InChI is InChI=1S/C14H17F2N3O2/c1-20-11-4-3-10(12(7-11)21-2)8-17-9-13-18-5-6-19(13)14(15)16/h3-7,14,17H,8-9H2,1-2H3. The molecule has 0 aliphatic heterocycles. The summed E-state index contributed by atoms with van der Waals surface area (Å²) < 4.78 is 36.6. The molecule has 114 valence electrons. The number of nitrogens with zero attached hydrogens (tertiary/aromatic N) is 2. The first-order chi connectivity index (χ1) is 10.2. The zero-order valence-electron chi connectivity index (χ0n) is 11.8.